The molecule has 2 aliphatic heterocycles. The monoisotopic (exact) mass is 402 g/mol. The third-order valence-corrected chi connectivity index (χ3v) is 6.50. The molecule has 0 spiro atoms. The van der Waals surface area contributed by atoms with Gasteiger partial charge in [-0.1, -0.05) is 30.3 Å². The number of likely N-dealkylation sites (tertiary alicyclic amines) is 1. The second-order valence-corrected chi connectivity index (χ2v) is 8.46. The number of benzene rings is 1. The molecular formula is C23H26N6O. The summed E-state index contributed by atoms with van der Waals surface area (Å²) in [7, 11) is 1.89. The molecule has 0 unspecified atom stereocenters. The minimum Gasteiger partial charge on any atom is -0.354 e. The van der Waals surface area contributed by atoms with Gasteiger partial charge in [0.05, 0.1) is 23.8 Å². The van der Waals surface area contributed by atoms with E-state index in [1.54, 1.807) is 6.33 Å². The average molecular weight is 403 g/mol. The van der Waals surface area contributed by atoms with E-state index in [1.807, 2.05) is 43.7 Å². The van der Waals surface area contributed by atoms with E-state index in [9.17, 15) is 4.79 Å². The van der Waals surface area contributed by atoms with Crippen LogP contribution in [0.5, 0.6) is 0 Å². The van der Waals surface area contributed by atoms with E-state index >= 15 is 0 Å². The standard InChI is InChI=1S/C23H26N6O/c1-15-9-10-20(26-25-15)28-11-18-12-29(23(30)21-16(2)24-14-27(21)3)22(19(18)13-28)17-7-5-4-6-8-17/h4-10,14,18-19,22H,11-13H2,1-3H3/t18-,19-,22+/m0/s1. The van der Waals surface area contributed by atoms with Crippen LogP contribution in [-0.2, 0) is 7.05 Å². The van der Waals surface area contributed by atoms with E-state index in [1.165, 1.54) is 5.56 Å². The van der Waals surface area contributed by atoms with Crippen LogP contribution < -0.4 is 4.90 Å². The van der Waals surface area contributed by atoms with Crippen LogP contribution in [0.25, 0.3) is 0 Å². The number of hydrogen-bond donors (Lipinski definition) is 0. The van der Waals surface area contributed by atoms with E-state index in [0.29, 0.717) is 17.5 Å². The molecule has 2 aliphatic rings. The van der Waals surface area contributed by atoms with Gasteiger partial charge in [0.1, 0.15) is 5.69 Å². The Balaban J connectivity index is 1.48. The van der Waals surface area contributed by atoms with Crippen molar-refractivity contribution in [2.45, 2.75) is 19.9 Å². The van der Waals surface area contributed by atoms with Gasteiger partial charge in [-0.2, -0.15) is 5.10 Å². The van der Waals surface area contributed by atoms with Crippen molar-refractivity contribution in [1.82, 2.24) is 24.6 Å². The lowest BCUT2D eigenvalue weighted by Gasteiger charge is -2.30. The zero-order valence-corrected chi connectivity index (χ0v) is 17.6. The zero-order chi connectivity index (χ0) is 20.8. The van der Waals surface area contributed by atoms with Crippen molar-refractivity contribution in [2.75, 3.05) is 24.5 Å². The van der Waals surface area contributed by atoms with Gasteiger partial charge in [0.25, 0.3) is 5.91 Å². The summed E-state index contributed by atoms with van der Waals surface area (Å²) >= 11 is 0. The van der Waals surface area contributed by atoms with Crippen LogP contribution in [0.1, 0.15) is 33.5 Å². The molecule has 0 bridgehead atoms. The summed E-state index contributed by atoms with van der Waals surface area (Å²) in [6.45, 7) is 6.35. The first-order valence-corrected chi connectivity index (χ1v) is 10.4. The van der Waals surface area contributed by atoms with Crippen molar-refractivity contribution in [3.8, 4) is 0 Å². The molecule has 2 aromatic heterocycles. The second kappa shape index (κ2) is 7.23. The number of anilines is 1. The molecule has 0 saturated carbocycles. The Hall–Kier alpha value is -3.22. The molecule has 0 radical (unpaired) electrons. The Morgan fingerprint density at radius 2 is 1.80 bits per heavy atom. The summed E-state index contributed by atoms with van der Waals surface area (Å²) in [6.07, 6.45) is 1.72. The van der Waals surface area contributed by atoms with E-state index in [-0.39, 0.29) is 11.9 Å². The highest BCUT2D eigenvalue weighted by atomic mass is 16.2. The number of carbonyl (C=O) groups excluding carboxylic acids is 1. The smallest absolute Gasteiger partial charge is 0.272 e. The van der Waals surface area contributed by atoms with Crippen LogP contribution in [-0.4, -0.2) is 50.2 Å². The highest BCUT2D eigenvalue weighted by Crippen LogP contribution is 2.46. The van der Waals surface area contributed by atoms with E-state index in [2.05, 4.69) is 49.2 Å². The molecule has 5 rings (SSSR count). The quantitative estimate of drug-likeness (QED) is 0.674. The molecule has 7 nitrogen and oxygen atoms in total. The predicted molar refractivity (Wildman–Crippen MR) is 114 cm³/mol. The first-order valence-electron chi connectivity index (χ1n) is 10.4. The molecule has 3 aromatic rings. The molecule has 7 heteroatoms. The first kappa shape index (κ1) is 18.8. The van der Waals surface area contributed by atoms with Gasteiger partial charge in [-0.05, 0) is 31.5 Å². The molecular weight excluding hydrogens is 376 g/mol. The first-order chi connectivity index (χ1) is 14.5. The number of imidazole rings is 1. The van der Waals surface area contributed by atoms with Crippen molar-refractivity contribution in [1.29, 1.82) is 0 Å². The third-order valence-electron chi connectivity index (χ3n) is 6.50. The zero-order valence-electron chi connectivity index (χ0n) is 17.6. The topological polar surface area (TPSA) is 67.2 Å². The lowest BCUT2D eigenvalue weighted by molar-refractivity contribution is 0.0705. The summed E-state index contributed by atoms with van der Waals surface area (Å²) in [4.78, 5) is 22.3. The highest BCUT2D eigenvalue weighted by molar-refractivity contribution is 5.94. The normalized spacial score (nSPS) is 23.1. The molecule has 0 N–H and O–H groups in total. The largest absolute Gasteiger partial charge is 0.354 e. The van der Waals surface area contributed by atoms with Gasteiger partial charge in [0, 0.05) is 38.5 Å². The Bertz CT molecular complexity index is 1040. The van der Waals surface area contributed by atoms with Crippen LogP contribution in [0.4, 0.5) is 5.82 Å². The second-order valence-electron chi connectivity index (χ2n) is 8.46. The lowest BCUT2D eigenvalue weighted by Crippen LogP contribution is -2.37. The van der Waals surface area contributed by atoms with Gasteiger partial charge in [-0.3, -0.25) is 4.79 Å². The van der Waals surface area contributed by atoms with Crippen LogP contribution in [0.2, 0.25) is 0 Å². The van der Waals surface area contributed by atoms with Crippen molar-refractivity contribution in [3.05, 3.63) is 71.4 Å². The van der Waals surface area contributed by atoms with Gasteiger partial charge in [0.15, 0.2) is 5.82 Å². The maximum absolute atomic E-state index is 13.6. The summed E-state index contributed by atoms with van der Waals surface area (Å²) < 4.78 is 1.84. The fourth-order valence-corrected chi connectivity index (χ4v) is 5.07. The molecule has 4 heterocycles. The summed E-state index contributed by atoms with van der Waals surface area (Å²) in [5.41, 5.74) is 3.57. The minimum atomic E-state index is 0.0430. The SMILES string of the molecule is Cc1ccc(N2C[C@H]3CN(C(=O)c4c(C)ncn4C)[C@H](c4ccccc4)[C@H]3C2)nn1. The van der Waals surface area contributed by atoms with Crippen molar-refractivity contribution in [2.24, 2.45) is 18.9 Å². The Morgan fingerprint density at radius 1 is 1.00 bits per heavy atom. The summed E-state index contributed by atoms with van der Waals surface area (Å²) in [6, 6.07) is 14.5. The van der Waals surface area contributed by atoms with E-state index < -0.39 is 0 Å². The van der Waals surface area contributed by atoms with Crippen molar-refractivity contribution < 1.29 is 4.79 Å². The maximum atomic E-state index is 13.6. The molecule has 2 fully saturated rings. The minimum absolute atomic E-state index is 0.0430. The number of amides is 1. The van der Waals surface area contributed by atoms with Gasteiger partial charge in [0.2, 0.25) is 0 Å². The third kappa shape index (κ3) is 3.05. The van der Waals surface area contributed by atoms with Crippen LogP contribution >= 0.6 is 0 Å². The highest BCUT2D eigenvalue weighted by Gasteiger charge is 2.50. The molecule has 154 valence electrons. The molecule has 1 amide bonds. The van der Waals surface area contributed by atoms with E-state index in [4.69, 9.17) is 0 Å². The number of rotatable bonds is 3. The number of carbonyl (C=O) groups is 1. The van der Waals surface area contributed by atoms with Gasteiger partial charge in [-0.25, -0.2) is 4.98 Å². The number of fused-ring (bicyclic) bond motifs is 1. The van der Waals surface area contributed by atoms with Gasteiger partial charge < -0.3 is 14.4 Å². The van der Waals surface area contributed by atoms with Gasteiger partial charge in [-0.15, -0.1) is 5.10 Å². The lowest BCUT2D eigenvalue weighted by atomic mass is 9.89. The fraction of sp³-hybridized carbons (Fsp3) is 0.391. The number of aromatic nitrogens is 4. The fourth-order valence-electron chi connectivity index (χ4n) is 5.07. The maximum Gasteiger partial charge on any atom is 0.272 e. The van der Waals surface area contributed by atoms with Crippen molar-refractivity contribution in [3.63, 3.8) is 0 Å². The molecule has 3 atom stereocenters. The van der Waals surface area contributed by atoms with E-state index in [0.717, 1.165) is 36.8 Å². The molecule has 0 aliphatic carbocycles. The predicted octanol–water partition coefficient (Wildman–Crippen LogP) is 2.78. The van der Waals surface area contributed by atoms with Gasteiger partial charge >= 0.3 is 0 Å². The van der Waals surface area contributed by atoms with Crippen LogP contribution in [0.15, 0.2) is 48.8 Å². The Morgan fingerprint density at radius 3 is 2.47 bits per heavy atom. The summed E-state index contributed by atoms with van der Waals surface area (Å²) in [5.74, 6) is 1.74. The number of hydrogen-bond acceptors (Lipinski definition) is 5. The van der Waals surface area contributed by atoms with Crippen LogP contribution in [0.3, 0.4) is 0 Å². The number of nitrogens with zero attached hydrogens (tertiary/aromatic N) is 6. The Kier molecular flexibility index (Phi) is 4.53. The molecule has 30 heavy (non-hydrogen) atoms. The van der Waals surface area contributed by atoms with Crippen molar-refractivity contribution >= 4 is 11.7 Å². The molecule has 2 saturated heterocycles. The summed E-state index contributed by atoms with van der Waals surface area (Å²) in [5, 5.41) is 8.61. The number of aryl methyl sites for hydroxylation is 3. The van der Waals surface area contributed by atoms with Crippen LogP contribution in [0, 0.1) is 25.7 Å². The average Bonchev–Trinajstić information content (AvgIpc) is 3.41. The Labute approximate surface area is 176 Å². The molecule has 1 aromatic carbocycles.